The first-order valence-electron chi connectivity index (χ1n) is 9.14. The average molecular weight is 423 g/mol. The summed E-state index contributed by atoms with van der Waals surface area (Å²) in [6.07, 6.45) is 4.29. The first kappa shape index (κ1) is 18.2. The smallest absolute Gasteiger partial charge is 0.171 e. The van der Waals surface area contributed by atoms with E-state index in [9.17, 15) is 0 Å². The second-order valence-electron chi connectivity index (χ2n) is 6.82. The highest BCUT2D eigenvalue weighted by molar-refractivity contribution is 6.31. The van der Waals surface area contributed by atoms with E-state index in [2.05, 4.69) is 32.0 Å². The van der Waals surface area contributed by atoms with Crippen molar-refractivity contribution >= 4 is 45.6 Å². The minimum Gasteiger partial charge on any atom is -0.494 e. The van der Waals surface area contributed by atoms with Crippen LogP contribution in [-0.2, 0) is 6.42 Å². The van der Waals surface area contributed by atoms with Crippen LogP contribution in [0.5, 0.6) is 5.75 Å². The van der Waals surface area contributed by atoms with E-state index in [1.807, 2.05) is 30.3 Å². The third-order valence-corrected chi connectivity index (χ3v) is 5.69. The number of ether oxygens (including phenoxy) is 1. The lowest BCUT2D eigenvalue weighted by Gasteiger charge is -2.20. The van der Waals surface area contributed by atoms with Crippen molar-refractivity contribution in [1.29, 1.82) is 0 Å². The fraction of sp³-hybridized carbons (Fsp3) is 0.136. The van der Waals surface area contributed by atoms with Crippen LogP contribution >= 0.6 is 23.2 Å². The van der Waals surface area contributed by atoms with Crippen LogP contribution in [0, 0.1) is 0 Å². The van der Waals surface area contributed by atoms with Crippen LogP contribution < -0.4 is 9.64 Å². The van der Waals surface area contributed by atoms with E-state index < -0.39 is 0 Å². The summed E-state index contributed by atoms with van der Waals surface area (Å²) >= 11 is 12.3. The Morgan fingerprint density at radius 3 is 2.72 bits per heavy atom. The zero-order valence-corrected chi connectivity index (χ0v) is 17.1. The van der Waals surface area contributed by atoms with Gasteiger partial charge >= 0.3 is 0 Å². The summed E-state index contributed by atoms with van der Waals surface area (Å²) in [6.45, 7) is 0.850. The molecule has 2 aromatic carbocycles. The fourth-order valence-corrected chi connectivity index (χ4v) is 4.09. The molecule has 0 N–H and O–H groups in total. The first-order chi connectivity index (χ1) is 14.1. The SMILES string of the molecule is COc1cc(-c2ccc3ncnc(N4CCc5ccc(Cl)cc54)c3c2)cnc1Cl. The Morgan fingerprint density at radius 1 is 0.966 bits per heavy atom. The highest BCUT2D eigenvalue weighted by Crippen LogP contribution is 2.39. The Hall–Kier alpha value is -2.89. The van der Waals surface area contributed by atoms with E-state index in [1.54, 1.807) is 19.6 Å². The van der Waals surface area contributed by atoms with Crippen molar-refractivity contribution in [3.05, 3.63) is 70.7 Å². The van der Waals surface area contributed by atoms with Crippen LogP contribution in [-0.4, -0.2) is 28.6 Å². The predicted octanol–water partition coefficient (Wildman–Crippen LogP) is 5.70. The topological polar surface area (TPSA) is 51.1 Å². The van der Waals surface area contributed by atoms with E-state index in [4.69, 9.17) is 27.9 Å². The van der Waals surface area contributed by atoms with Crippen molar-refractivity contribution in [2.45, 2.75) is 6.42 Å². The summed E-state index contributed by atoms with van der Waals surface area (Å²) in [5.41, 5.74) is 5.14. The molecule has 5 nitrogen and oxygen atoms in total. The molecule has 0 atom stereocenters. The maximum atomic E-state index is 6.25. The van der Waals surface area contributed by atoms with Crippen molar-refractivity contribution in [1.82, 2.24) is 15.0 Å². The van der Waals surface area contributed by atoms with Crippen molar-refractivity contribution < 1.29 is 4.74 Å². The molecule has 29 heavy (non-hydrogen) atoms. The molecule has 0 unspecified atom stereocenters. The fourth-order valence-electron chi connectivity index (χ4n) is 3.74. The molecular weight excluding hydrogens is 407 g/mol. The molecule has 7 heteroatoms. The standard InChI is InChI=1S/C22H16Cl2N4O/c1-29-20-9-15(11-25-21(20)24)14-3-5-18-17(8-14)22(27-12-26-18)28-7-6-13-2-4-16(23)10-19(13)28/h2-5,8-12H,6-7H2,1H3. The second-order valence-corrected chi connectivity index (χ2v) is 7.62. The molecule has 0 spiro atoms. The highest BCUT2D eigenvalue weighted by Gasteiger charge is 2.23. The Labute approximate surface area is 177 Å². The molecule has 1 aliphatic rings. The minimum absolute atomic E-state index is 0.339. The molecule has 1 aliphatic heterocycles. The molecule has 144 valence electrons. The van der Waals surface area contributed by atoms with Gasteiger partial charge in [-0.1, -0.05) is 35.3 Å². The van der Waals surface area contributed by atoms with Crippen molar-refractivity contribution in [2.24, 2.45) is 0 Å². The molecule has 0 saturated carbocycles. The van der Waals surface area contributed by atoms with E-state index in [0.29, 0.717) is 15.9 Å². The van der Waals surface area contributed by atoms with Gasteiger partial charge in [0.15, 0.2) is 10.9 Å². The highest BCUT2D eigenvalue weighted by atomic mass is 35.5. The van der Waals surface area contributed by atoms with E-state index >= 15 is 0 Å². The molecule has 0 fully saturated rings. The van der Waals surface area contributed by atoms with Gasteiger partial charge in [0.25, 0.3) is 0 Å². The summed E-state index contributed by atoms with van der Waals surface area (Å²) in [7, 11) is 1.58. The van der Waals surface area contributed by atoms with Gasteiger partial charge in [-0.05, 0) is 47.9 Å². The van der Waals surface area contributed by atoms with Gasteiger partial charge in [-0.25, -0.2) is 15.0 Å². The molecular formula is C22H16Cl2N4O. The summed E-state index contributed by atoms with van der Waals surface area (Å²) in [6, 6.07) is 14.0. The normalized spacial score (nSPS) is 13.0. The Balaban J connectivity index is 1.65. The number of pyridine rings is 1. The zero-order chi connectivity index (χ0) is 20.0. The predicted molar refractivity (Wildman–Crippen MR) is 116 cm³/mol. The number of anilines is 2. The lowest BCUT2D eigenvalue weighted by Crippen LogP contribution is -2.15. The summed E-state index contributed by atoms with van der Waals surface area (Å²) in [5, 5.41) is 2.02. The quantitative estimate of drug-likeness (QED) is 0.396. The largest absolute Gasteiger partial charge is 0.494 e. The molecule has 5 rings (SSSR count). The summed E-state index contributed by atoms with van der Waals surface area (Å²) in [4.78, 5) is 15.5. The third-order valence-electron chi connectivity index (χ3n) is 5.17. The monoisotopic (exact) mass is 422 g/mol. The number of nitrogens with zero attached hydrogens (tertiary/aromatic N) is 4. The Bertz CT molecular complexity index is 1240. The van der Waals surface area contributed by atoms with Gasteiger partial charge in [0.2, 0.25) is 0 Å². The number of methoxy groups -OCH3 is 1. The van der Waals surface area contributed by atoms with Gasteiger partial charge in [0.05, 0.1) is 12.6 Å². The summed E-state index contributed by atoms with van der Waals surface area (Å²) < 4.78 is 5.31. The number of fused-ring (bicyclic) bond motifs is 2. The Morgan fingerprint density at radius 2 is 1.86 bits per heavy atom. The lowest BCUT2D eigenvalue weighted by atomic mass is 10.0. The van der Waals surface area contributed by atoms with Crippen LogP contribution in [0.1, 0.15) is 5.56 Å². The third kappa shape index (κ3) is 3.16. The molecule has 0 saturated heterocycles. The van der Waals surface area contributed by atoms with E-state index in [-0.39, 0.29) is 0 Å². The molecule has 0 amide bonds. The molecule has 4 aromatic rings. The number of hydrogen-bond donors (Lipinski definition) is 0. The molecule has 3 heterocycles. The number of hydrogen-bond acceptors (Lipinski definition) is 5. The van der Waals surface area contributed by atoms with Crippen LogP contribution in [0.15, 0.2) is 55.0 Å². The number of aromatic nitrogens is 3. The molecule has 0 radical (unpaired) electrons. The van der Waals surface area contributed by atoms with Gasteiger partial charge in [-0.2, -0.15) is 0 Å². The minimum atomic E-state index is 0.339. The number of halogens is 2. The van der Waals surface area contributed by atoms with Gasteiger partial charge in [-0.15, -0.1) is 0 Å². The van der Waals surface area contributed by atoms with Crippen molar-refractivity contribution in [2.75, 3.05) is 18.6 Å². The van der Waals surface area contributed by atoms with Gasteiger partial charge < -0.3 is 9.64 Å². The van der Waals surface area contributed by atoms with Crippen molar-refractivity contribution in [3.8, 4) is 16.9 Å². The van der Waals surface area contributed by atoms with Crippen LogP contribution in [0.3, 0.4) is 0 Å². The van der Waals surface area contributed by atoms with Crippen LogP contribution in [0.25, 0.3) is 22.0 Å². The number of rotatable bonds is 3. The second kappa shape index (κ2) is 7.17. The van der Waals surface area contributed by atoms with Gasteiger partial charge in [-0.3, -0.25) is 0 Å². The van der Waals surface area contributed by atoms with E-state index in [1.165, 1.54) is 5.56 Å². The molecule has 0 aliphatic carbocycles. The van der Waals surface area contributed by atoms with Gasteiger partial charge in [0.1, 0.15) is 12.1 Å². The average Bonchev–Trinajstić information content (AvgIpc) is 3.16. The molecule has 2 aromatic heterocycles. The van der Waals surface area contributed by atoms with E-state index in [0.717, 1.165) is 46.5 Å². The summed E-state index contributed by atoms with van der Waals surface area (Å²) in [5.74, 6) is 1.41. The Kier molecular flexibility index (Phi) is 4.49. The number of benzene rings is 2. The van der Waals surface area contributed by atoms with Gasteiger partial charge in [0, 0.05) is 34.4 Å². The lowest BCUT2D eigenvalue weighted by molar-refractivity contribution is 0.413. The first-order valence-corrected chi connectivity index (χ1v) is 9.90. The van der Waals surface area contributed by atoms with Crippen molar-refractivity contribution in [3.63, 3.8) is 0 Å². The van der Waals surface area contributed by atoms with Crippen LogP contribution in [0.2, 0.25) is 10.2 Å². The zero-order valence-electron chi connectivity index (χ0n) is 15.6. The maximum absolute atomic E-state index is 6.25. The molecule has 0 bridgehead atoms. The maximum Gasteiger partial charge on any atom is 0.171 e. The van der Waals surface area contributed by atoms with Crippen LogP contribution in [0.4, 0.5) is 11.5 Å².